The van der Waals surface area contributed by atoms with Crippen LogP contribution in [0.25, 0.3) is 10.2 Å². The van der Waals surface area contributed by atoms with Gasteiger partial charge in [0.25, 0.3) is 0 Å². The quantitative estimate of drug-likeness (QED) is 0.888. The summed E-state index contributed by atoms with van der Waals surface area (Å²) in [6.45, 7) is 3.95. The smallest absolute Gasteiger partial charge is 0.326 e. The maximum atomic E-state index is 11.5. The highest BCUT2D eigenvalue weighted by Crippen LogP contribution is 2.39. The largest absolute Gasteiger partial charge is 0.480 e. The molecule has 112 valence electrons. The van der Waals surface area contributed by atoms with Gasteiger partial charge in [-0.1, -0.05) is 20.3 Å². The monoisotopic (exact) mass is 305 g/mol. The standard InChI is InChI=1S/C15H19N3O2S/c1-3-8(2)12(15(19)20)18-13-11-9-5-4-6-10(9)21-14(11)17-7-16-13/h7-8,12H,3-6H2,1-2H3,(H,19,20)(H,16,17,18)/t8-,12+/m1/s1. The Morgan fingerprint density at radius 3 is 3.00 bits per heavy atom. The first-order valence-electron chi connectivity index (χ1n) is 7.36. The van der Waals surface area contributed by atoms with E-state index in [0.29, 0.717) is 5.82 Å². The lowest BCUT2D eigenvalue weighted by Crippen LogP contribution is -2.35. The molecular weight excluding hydrogens is 286 g/mol. The SMILES string of the molecule is CC[C@@H](C)[C@H](Nc1ncnc2sc3c(c12)CCC3)C(=O)O. The van der Waals surface area contributed by atoms with E-state index in [1.807, 2.05) is 13.8 Å². The van der Waals surface area contributed by atoms with Crippen molar-refractivity contribution in [1.29, 1.82) is 0 Å². The Hall–Kier alpha value is -1.69. The molecule has 0 bridgehead atoms. The number of hydrogen-bond acceptors (Lipinski definition) is 5. The van der Waals surface area contributed by atoms with Crippen LogP contribution < -0.4 is 5.32 Å². The van der Waals surface area contributed by atoms with Gasteiger partial charge in [-0.15, -0.1) is 11.3 Å². The number of nitrogens with one attached hydrogen (secondary N) is 1. The van der Waals surface area contributed by atoms with Gasteiger partial charge in [-0.3, -0.25) is 0 Å². The number of carboxylic acid groups (broad SMARTS) is 1. The van der Waals surface area contributed by atoms with E-state index in [1.165, 1.54) is 23.2 Å². The summed E-state index contributed by atoms with van der Waals surface area (Å²) in [6.07, 6.45) is 5.63. The molecule has 0 fully saturated rings. The maximum Gasteiger partial charge on any atom is 0.326 e. The Balaban J connectivity index is 2.02. The highest BCUT2D eigenvalue weighted by atomic mass is 32.1. The average Bonchev–Trinajstić information content (AvgIpc) is 3.03. The van der Waals surface area contributed by atoms with Crippen LogP contribution in [0.1, 0.15) is 37.1 Å². The molecule has 6 heteroatoms. The van der Waals surface area contributed by atoms with Gasteiger partial charge in [0.1, 0.15) is 23.0 Å². The molecule has 1 aliphatic rings. The highest BCUT2D eigenvalue weighted by Gasteiger charge is 2.27. The Morgan fingerprint density at radius 2 is 2.29 bits per heavy atom. The summed E-state index contributed by atoms with van der Waals surface area (Å²) in [7, 11) is 0. The predicted octanol–water partition coefficient (Wildman–Crippen LogP) is 3.09. The van der Waals surface area contributed by atoms with Crippen molar-refractivity contribution in [1.82, 2.24) is 9.97 Å². The van der Waals surface area contributed by atoms with Crippen LogP contribution in [0.3, 0.4) is 0 Å². The fourth-order valence-corrected chi connectivity index (χ4v) is 4.10. The number of thiophene rings is 1. The molecular formula is C15H19N3O2S. The van der Waals surface area contributed by atoms with Crippen molar-refractivity contribution in [3.05, 3.63) is 16.8 Å². The van der Waals surface area contributed by atoms with Crippen LogP contribution in [0, 0.1) is 5.92 Å². The summed E-state index contributed by atoms with van der Waals surface area (Å²) in [5.74, 6) is -0.116. The van der Waals surface area contributed by atoms with E-state index in [1.54, 1.807) is 11.3 Å². The van der Waals surface area contributed by atoms with Crippen LogP contribution in [0.15, 0.2) is 6.33 Å². The second kappa shape index (κ2) is 5.60. The van der Waals surface area contributed by atoms with Crippen molar-refractivity contribution in [2.75, 3.05) is 5.32 Å². The van der Waals surface area contributed by atoms with Crippen LogP contribution in [0.2, 0.25) is 0 Å². The zero-order valence-electron chi connectivity index (χ0n) is 12.2. The molecule has 2 aromatic heterocycles. The summed E-state index contributed by atoms with van der Waals surface area (Å²) in [4.78, 5) is 22.5. The number of anilines is 1. The molecule has 2 atom stereocenters. The number of carboxylic acids is 1. The average molecular weight is 305 g/mol. The minimum Gasteiger partial charge on any atom is -0.480 e. The molecule has 0 amide bonds. The first kappa shape index (κ1) is 14.3. The van der Waals surface area contributed by atoms with Gasteiger partial charge in [-0.25, -0.2) is 14.8 Å². The van der Waals surface area contributed by atoms with E-state index in [0.717, 1.165) is 29.5 Å². The van der Waals surface area contributed by atoms with E-state index in [2.05, 4.69) is 15.3 Å². The number of nitrogens with zero attached hydrogens (tertiary/aromatic N) is 2. The minimum absolute atomic E-state index is 0.0409. The Labute approximate surface area is 127 Å². The third-order valence-electron chi connectivity index (χ3n) is 4.27. The van der Waals surface area contributed by atoms with Crippen molar-refractivity contribution in [2.24, 2.45) is 5.92 Å². The molecule has 0 saturated heterocycles. The molecule has 0 spiro atoms. The van der Waals surface area contributed by atoms with Crippen LogP contribution in [0.4, 0.5) is 5.82 Å². The Bertz CT molecular complexity index is 683. The van der Waals surface area contributed by atoms with Gasteiger partial charge in [0.2, 0.25) is 0 Å². The number of aryl methyl sites for hydroxylation is 2. The number of hydrogen-bond donors (Lipinski definition) is 2. The molecule has 2 aromatic rings. The van der Waals surface area contributed by atoms with Gasteiger partial charge in [-0.2, -0.15) is 0 Å². The van der Waals surface area contributed by atoms with Gasteiger partial charge in [0.05, 0.1) is 5.39 Å². The maximum absolute atomic E-state index is 11.5. The predicted molar refractivity (Wildman–Crippen MR) is 83.9 cm³/mol. The lowest BCUT2D eigenvalue weighted by atomic mass is 9.99. The second-order valence-electron chi connectivity index (χ2n) is 5.61. The van der Waals surface area contributed by atoms with Crippen LogP contribution in [0.5, 0.6) is 0 Å². The van der Waals surface area contributed by atoms with Crippen molar-refractivity contribution in [2.45, 2.75) is 45.6 Å². The summed E-state index contributed by atoms with van der Waals surface area (Å²) in [6, 6.07) is -0.620. The fraction of sp³-hybridized carbons (Fsp3) is 0.533. The lowest BCUT2D eigenvalue weighted by Gasteiger charge is -2.21. The van der Waals surface area contributed by atoms with E-state index >= 15 is 0 Å². The molecule has 2 heterocycles. The molecule has 21 heavy (non-hydrogen) atoms. The number of aliphatic carboxylic acids is 1. The van der Waals surface area contributed by atoms with Crippen molar-refractivity contribution >= 4 is 33.3 Å². The van der Waals surface area contributed by atoms with E-state index in [4.69, 9.17) is 0 Å². The molecule has 1 aliphatic carbocycles. The van der Waals surface area contributed by atoms with Crippen molar-refractivity contribution in [3.8, 4) is 0 Å². The van der Waals surface area contributed by atoms with Crippen LogP contribution in [-0.2, 0) is 17.6 Å². The van der Waals surface area contributed by atoms with E-state index in [-0.39, 0.29) is 5.92 Å². The number of fused-ring (bicyclic) bond motifs is 3. The zero-order chi connectivity index (χ0) is 15.0. The normalized spacial score (nSPS) is 16.7. The van der Waals surface area contributed by atoms with E-state index < -0.39 is 12.0 Å². The summed E-state index contributed by atoms with van der Waals surface area (Å²) < 4.78 is 0. The molecule has 0 saturated carbocycles. The lowest BCUT2D eigenvalue weighted by molar-refractivity contribution is -0.139. The number of carbonyl (C=O) groups is 1. The van der Waals surface area contributed by atoms with Crippen LogP contribution >= 0.6 is 11.3 Å². The van der Waals surface area contributed by atoms with Crippen molar-refractivity contribution < 1.29 is 9.90 Å². The molecule has 3 rings (SSSR count). The molecule has 5 nitrogen and oxygen atoms in total. The first-order valence-corrected chi connectivity index (χ1v) is 8.18. The topological polar surface area (TPSA) is 75.1 Å². The molecule has 2 N–H and O–H groups in total. The number of rotatable bonds is 5. The Morgan fingerprint density at radius 1 is 1.48 bits per heavy atom. The Kier molecular flexibility index (Phi) is 3.80. The summed E-state index contributed by atoms with van der Waals surface area (Å²) >= 11 is 1.71. The molecule has 0 radical (unpaired) electrons. The highest BCUT2D eigenvalue weighted by molar-refractivity contribution is 7.19. The van der Waals surface area contributed by atoms with E-state index in [9.17, 15) is 9.90 Å². The van der Waals surface area contributed by atoms with Gasteiger partial charge in [-0.05, 0) is 30.7 Å². The fourth-order valence-electron chi connectivity index (χ4n) is 2.87. The second-order valence-corrected chi connectivity index (χ2v) is 6.69. The van der Waals surface area contributed by atoms with Crippen LogP contribution in [-0.4, -0.2) is 27.1 Å². The third-order valence-corrected chi connectivity index (χ3v) is 5.47. The molecule has 0 unspecified atom stereocenters. The van der Waals surface area contributed by atoms with Crippen molar-refractivity contribution in [3.63, 3.8) is 0 Å². The van der Waals surface area contributed by atoms with Gasteiger partial charge >= 0.3 is 5.97 Å². The zero-order valence-corrected chi connectivity index (χ0v) is 13.0. The van der Waals surface area contributed by atoms with Gasteiger partial charge < -0.3 is 10.4 Å². The minimum atomic E-state index is -0.831. The molecule has 0 aliphatic heterocycles. The number of aromatic nitrogens is 2. The van der Waals surface area contributed by atoms with Gasteiger partial charge in [0, 0.05) is 4.88 Å². The van der Waals surface area contributed by atoms with Gasteiger partial charge in [0.15, 0.2) is 0 Å². The summed E-state index contributed by atoms with van der Waals surface area (Å²) in [5, 5.41) is 13.6. The first-order chi connectivity index (χ1) is 10.1. The summed E-state index contributed by atoms with van der Waals surface area (Å²) in [5.41, 5.74) is 1.31. The molecule has 0 aromatic carbocycles. The third kappa shape index (κ3) is 2.48.